The fourth-order valence-corrected chi connectivity index (χ4v) is 2.41. The smallest absolute Gasteiger partial charge is 0.0443 e. The first-order valence-corrected chi connectivity index (χ1v) is 6.85. The van der Waals surface area contributed by atoms with Crippen molar-refractivity contribution in [3.8, 4) is 0 Å². The van der Waals surface area contributed by atoms with Gasteiger partial charge in [-0.15, -0.1) is 0 Å². The van der Waals surface area contributed by atoms with Gasteiger partial charge in [0.1, 0.15) is 0 Å². The first-order valence-electron chi connectivity index (χ1n) is 6.47. The molecule has 0 bridgehead atoms. The van der Waals surface area contributed by atoms with Gasteiger partial charge in [0.2, 0.25) is 0 Å². The molecule has 0 aliphatic rings. The maximum atomic E-state index is 6.31. The van der Waals surface area contributed by atoms with Gasteiger partial charge in [-0.3, -0.25) is 0 Å². The van der Waals surface area contributed by atoms with E-state index in [1.807, 2.05) is 0 Å². The monoisotopic (exact) mass is 253 g/mol. The Kier molecular flexibility index (Phi) is 5.48. The van der Waals surface area contributed by atoms with Gasteiger partial charge in [0, 0.05) is 11.1 Å². The van der Waals surface area contributed by atoms with Gasteiger partial charge >= 0.3 is 0 Å². The highest BCUT2D eigenvalue weighted by Gasteiger charge is 2.12. The van der Waals surface area contributed by atoms with Crippen LogP contribution in [0.3, 0.4) is 0 Å². The Labute approximate surface area is 110 Å². The Hall–Kier alpha value is -0.530. The van der Waals surface area contributed by atoms with Crippen LogP contribution in [0.25, 0.3) is 0 Å². The molecule has 96 valence electrons. The van der Waals surface area contributed by atoms with E-state index in [4.69, 9.17) is 17.3 Å². The molecule has 17 heavy (non-hydrogen) atoms. The summed E-state index contributed by atoms with van der Waals surface area (Å²) in [5, 5.41) is 0.894. The average molecular weight is 254 g/mol. The first kappa shape index (κ1) is 14.5. The Balaban J connectivity index is 2.75. The number of hydrogen-bond donors (Lipinski definition) is 1. The molecular formula is C15H24ClN. The fourth-order valence-electron chi connectivity index (χ4n) is 2.00. The van der Waals surface area contributed by atoms with Crippen LogP contribution in [0.2, 0.25) is 5.02 Å². The average Bonchev–Trinajstić information content (AvgIpc) is 2.30. The number of halogens is 1. The van der Waals surface area contributed by atoms with Crippen LogP contribution in [-0.2, 0) is 0 Å². The predicted octanol–water partition coefficient (Wildman–Crippen LogP) is 4.58. The van der Waals surface area contributed by atoms with Crippen molar-refractivity contribution in [2.45, 2.75) is 58.9 Å². The molecule has 2 unspecified atom stereocenters. The van der Waals surface area contributed by atoms with Crippen molar-refractivity contribution in [1.29, 1.82) is 0 Å². The van der Waals surface area contributed by atoms with E-state index in [9.17, 15) is 0 Å². The van der Waals surface area contributed by atoms with Crippen molar-refractivity contribution >= 4 is 11.6 Å². The van der Waals surface area contributed by atoms with Gasteiger partial charge in [0.05, 0.1) is 0 Å². The molecule has 0 aliphatic carbocycles. The third-order valence-corrected chi connectivity index (χ3v) is 3.97. The minimum Gasteiger partial charge on any atom is -0.328 e. The van der Waals surface area contributed by atoms with Crippen molar-refractivity contribution in [1.82, 2.24) is 0 Å². The van der Waals surface area contributed by atoms with Gasteiger partial charge in [-0.05, 0) is 61.8 Å². The lowest BCUT2D eigenvalue weighted by molar-refractivity contribution is 0.530. The van der Waals surface area contributed by atoms with Gasteiger partial charge in [-0.1, -0.05) is 31.5 Å². The second-order valence-electron chi connectivity index (χ2n) is 5.10. The molecule has 1 aromatic carbocycles. The molecule has 2 N–H and O–H groups in total. The molecule has 0 spiro atoms. The molecule has 2 atom stereocenters. The molecule has 0 aromatic heterocycles. The van der Waals surface area contributed by atoms with Crippen LogP contribution in [0.5, 0.6) is 0 Å². The quantitative estimate of drug-likeness (QED) is 0.817. The lowest BCUT2D eigenvalue weighted by Gasteiger charge is -2.17. The Morgan fingerprint density at radius 2 is 1.76 bits per heavy atom. The highest BCUT2D eigenvalue weighted by Crippen LogP contribution is 2.30. The van der Waals surface area contributed by atoms with E-state index < -0.39 is 0 Å². The molecule has 0 aliphatic heterocycles. The Morgan fingerprint density at radius 3 is 2.35 bits per heavy atom. The van der Waals surface area contributed by atoms with E-state index in [-0.39, 0.29) is 0 Å². The summed E-state index contributed by atoms with van der Waals surface area (Å²) < 4.78 is 0. The Morgan fingerprint density at radius 1 is 1.18 bits per heavy atom. The van der Waals surface area contributed by atoms with Crippen molar-refractivity contribution in [3.63, 3.8) is 0 Å². The third-order valence-electron chi connectivity index (χ3n) is 3.64. The van der Waals surface area contributed by atoms with E-state index in [1.54, 1.807) is 0 Å². The second kappa shape index (κ2) is 6.42. The summed E-state index contributed by atoms with van der Waals surface area (Å²) >= 11 is 6.31. The highest BCUT2D eigenvalue weighted by molar-refractivity contribution is 6.31. The van der Waals surface area contributed by atoms with Crippen LogP contribution < -0.4 is 5.73 Å². The van der Waals surface area contributed by atoms with Gasteiger partial charge in [0.25, 0.3) is 0 Å². The number of aryl methyl sites for hydroxylation is 2. The van der Waals surface area contributed by atoms with Gasteiger partial charge in [-0.25, -0.2) is 0 Å². The molecule has 0 amide bonds. The predicted molar refractivity (Wildman–Crippen MR) is 76.8 cm³/mol. The minimum atomic E-state index is 0.322. The van der Waals surface area contributed by atoms with Crippen molar-refractivity contribution < 1.29 is 0 Å². The van der Waals surface area contributed by atoms with E-state index in [0.717, 1.165) is 24.3 Å². The first-order chi connectivity index (χ1) is 7.95. The molecule has 0 saturated heterocycles. The minimum absolute atomic E-state index is 0.322. The fraction of sp³-hybridized carbons (Fsp3) is 0.600. The summed E-state index contributed by atoms with van der Waals surface area (Å²) in [7, 11) is 0. The van der Waals surface area contributed by atoms with Crippen LogP contribution in [0.4, 0.5) is 0 Å². The van der Waals surface area contributed by atoms with E-state index in [1.165, 1.54) is 16.7 Å². The molecule has 0 saturated carbocycles. The van der Waals surface area contributed by atoms with Gasteiger partial charge in [0.15, 0.2) is 0 Å². The number of rotatable bonds is 5. The standard InChI is InChI=1S/C15H24ClN/c1-5-13(17)7-6-10(2)14-8-11(3)12(4)9-15(14)16/h8-10,13H,5-7,17H2,1-4H3. The Bertz CT molecular complexity index is 373. The van der Waals surface area contributed by atoms with Crippen LogP contribution in [0.15, 0.2) is 12.1 Å². The SMILES string of the molecule is CCC(N)CCC(C)c1cc(C)c(C)cc1Cl. The van der Waals surface area contributed by atoms with Gasteiger partial charge in [-0.2, -0.15) is 0 Å². The van der Waals surface area contributed by atoms with Crippen LogP contribution in [0.1, 0.15) is 55.7 Å². The summed E-state index contributed by atoms with van der Waals surface area (Å²) in [5.41, 5.74) is 9.80. The summed E-state index contributed by atoms with van der Waals surface area (Å²) in [6, 6.07) is 4.62. The second-order valence-corrected chi connectivity index (χ2v) is 5.51. The molecule has 1 nitrogen and oxygen atoms in total. The van der Waals surface area contributed by atoms with E-state index in [0.29, 0.717) is 12.0 Å². The van der Waals surface area contributed by atoms with E-state index >= 15 is 0 Å². The molecule has 2 heteroatoms. The van der Waals surface area contributed by atoms with Crippen LogP contribution >= 0.6 is 11.6 Å². The highest BCUT2D eigenvalue weighted by atomic mass is 35.5. The number of benzene rings is 1. The normalized spacial score (nSPS) is 14.7. The molecule has 1 aromatic rings. The maximum Gasteiger partial charge on any atom is 0.0443 e. The van der Waals surface area contributed by atoms with Crippen molar-refractivity contribution in [2.75, 3.05) is 0 Å². The largest absolute Gasteiger partial charge is 0.328 e. The molecular weight excluding hydrogens is 230 g/mol. The zero-order valence-electron chi connectivity index (χ0n) is 11.4. The van der Waals surface area contributed by atoms with Gasteiger partial charge < -0.3 is 5.73 Å². The molecule has 0 radical (unpaired) electrons. The molecule has 0 fully saturated rings. The zero-order chi connectivity index (χ0) is 13.0. The van der Waals surface area contributed by atoms with Crippen LogP contribution in [0, 0.1) is 13.8 Å². The lowest BCUT2D eigenvalue weighted by atomic mass is 9.91. The van der Waals surface area contributed by atoms with E-state index in [2.05, 4.69) is 39.8 Å². The summed E-state index contributed by atoms with van der Waals surface area (Å²) in [6.07, 6.45) is 3.23. The topological polar surface area (TPSA) is 26.0 Å². The summed E-state index contributed by atoms with van der Waals surface area (Å²) in [4.78, 5) is 0. The maximum absolute atomic E-state index is 6.31. The van der Waals surface area contributed by atoms with Crippen molar-refractivity contribution in [2.24, 2.45) is 5.73 Å². The number of nitrogens with two attached hydrogens (primary N) is 1. The van der Waals surface area contributed by atoms with Crippen LogP contribution in [-0.4, -0.2) is 6.04 Å². The summed E-state index contributed by atoms with van der Waals surface area (Å²) in [6.45, 7) is 8.61. The summed E-state index contributed by atoms with van der Waals surface area (Å²) in [5.74, 6) is 0.486. The molecule has 1 rings (SSSR count). The zero-order valence-corrected chi connectivity index (χ0v) is 12.1. The third kappa shape index (κ3) is 4.01. The lowest BCUT2D eigenvalue weighted by Crippen LogP contribution is -2.19. The number of hydrogen-bond acceptors (Lipinski definition) is 1. The van der Waals surface area contributed by atoms with Crippen molar-refractivity contribution in [3.05, 3.63) is 33.8 Å². The molecule has 0 heterocycles.